The van der Waals surface area contributed by atoms with E-state index < -0.39 is 17.9 Å². The minimum atomic E-state index is -1.08. The summed E-state index contributed by atoms with van der Waals surface area (Å²) in [6, 6.07) is 10.3. The topological polar surface area (TPSA) is 130 Å². The number of nitrogens with two attached hydrogens (primary N) is 1. The number of rotatable bonds is 8. The number of cyclic esters (lactones) is 1. The van der Waals surface area contributed by atoms with Crippen LogP contribution in [0.25, 0.3) is 0 Å². The SMILES string of the molecule is CN1C(=O)OC[C@H]1Cc1ccccc1.NCCC[C@H](CC(=O)O)C(=O)O. The molecule has 0 aliphatic carbocycles. The lowest BCUT2D eigenvalue weighted by molar-refractivity contribution is -0.148. The standard InChI is InChI=1S/C11H13NO2.C7H13NO4/c1-12-10(8-14-11(12)13)7-9-5-3-2-4-6-9;8-3-1-2-5(7(11)12)4-6(9)10/h2-6,10H,7-8H2,1H3;5H,1-4,8H2,(H,9,10)(H,11,12)/t10-;5-/m11/s1. The normalized spacial score (nSPS) is 17.1. The van der Waals surface area contributed by atoms with E-state index in [4.69, 9.17) is 20.7 Å². The molecule has 1 aliphatic heterocycles. The van der Waals surface area contributed by atoms with Gasteiger partial charge in [0.05, 0.1) is 18.4 Å². The zero-order chi connectivity index (χ0) is 19.5. The molecular formula is C18H26N2O6. The maximum absolute atomic E-state index is 11.1. The fourth-order valence-corrected chi connectivity index (χ4v) is 2.50. The van der Waals surface area contributed by atoms with E-state index in [1.165, 1.54) is 5.56 Å². The lowest BCUT2D eigenvalue weighted by Crippen LogP contribution is -2.30. The monoisotopic (exact) mass is 366 g/mol. The average molecular weight is 366 g/mol. The largest absolute Gasteiger partial charge is 0.481 e. The van der Waals surface area contributed by atoms with Gasteiger partial charge in [-0.2, -0.15) is 0 Å². The van der Waals surface area contributed by atoms with E-state index in [0.717, 1.165) is 6.42 Å². The maximum atomic E-state index is 11.1. The summed E-state index contributed by atoms with van der Waals surface area (Å²) in [6.45, 7) is 0.896. The predicted molar refractivity (Wildman–Crippen MR) is 94.7 cm³/mol. The predicted octanol–water partition coefficient (Wildman–Crippen LogP) is 1.58. The van der Waals surface area contributed by atoms with Crippen molar-refractivity contribution < 1.29 is 29.3 Å². The Kier molecular flexibility index (Phi) is 9.14. The lowest BCUT2D eigenvalue weighted by atomic mass is 10.00. The maximum Gasteiger partial charge on any atom is 0.409 e. The highest BCUT2D eigenvalue weighted by Gasteiger charge is 2.29. The van der Waals surface area contributed by atoms with Crippen molar-refractivity contribution >= 4 is 18.0 Å². The Hall–Kier alpha value is -2.61. The summed E-state index contributed by atoms with van der Waals surface area (Å²) < 4.78 is 4.94. The third kappa shape index (κ3) is 7.52. The number of hydrogen-bond donors (Lipinski definition) is 3. The molecule has 0 aromatic heterocycles. The van der Waals surface area contributed by atoms with E-state index in [-0.39, 0.29) is 18.6 Å². The van der Waals surface area contributed by atoms with Crippen LogP contribution in [-0.4, -0.2) is 59.4 Å². The molecule has 1 heterocycles. The van der Waals surface area contributed by atoms with Crippen molar-refractivity contribution in [2.75, 3.05) is 20.2 Å². The summed E-state index contributed by atoms with van der Waals surface area (Å²) in [6.07, 6.45) is 1.20. The van der Waals surface area contributed by atoms with Gasteiger partial charge in [0.15, 0.2) is 0 Å². The van der Waals surface area contributed by atoms with Crippen molar-refractivity contribution in [1.82, 2.24) is 4.90 Å². The summed E-state index contributed by atoms with van der Waals surface area (Å²) in [5.41, 5.74) is 6.41. The van der Waals surface area contributed by atoms with Crippen LogP contribution in [0.15, 0.2) is 30.3 Å². The molecule has 1 aliphatic rings. The number of amides is 1. The number of carboxylic acid groups (broad SMARTS) is 2. The molecule has 1 aromatic carbocycles. The Morgan fingerprint density at radius 1 is 1.31 bits per heavy atom. The second-order valence-corrected chi connectivity index (χ2v) is 6.10. The summed E-state index contributed by atoms with van der Waals surface area (Å²) >= 11 is 0. The van der Waals surface area contributed by atoms with Crippen molar-refractivity contribution in [1.29, 1.82) is 0 Å². The van der Waals surface area contributed by atoms with Gasteiger partial charge in [-0.1, -0.05) is 30.3 Å². The molecule has 2 rings (SSSR count). The molecule has 1 fully saturated rings. The molecule has 4 N–H and O–H groups in total. The van der Waals surface area contributed by atoms with E-state index in [1.54, 1.807) is 11.9 Å². The van der Waals surface area contributed by atoms with Gasteiger partial charge in [-0.15, -0.1) is 0 Å². The number of likely N-dealkylation sites (N-methyl/N-ethyl adjacent to an activating group) is 1. The zero-order valence-electron chi connectivity index (χ0n) is 14.8. The van der Waals surface area contributed by atoms with E-state index in [2.05, 4.69) is 12.1 Å². The van der Waals surface area contributed by atoms with E-state index >= 15 is 0 Å². The van der Waals surface area contributed by atoms with Gasteiger partial charge in [-0.05, 0) is 31.4 Å². The number of benzene rings is 1. The van der Waals surface area contributed by atoms with Crippen LogP contribution < -0.4 is 5.73 Å². The highest BCUT2D eigenvalue weighted by molar-refractivity contribution is 5.77. The highest BCUT2D eigenvalue weighted by atomic mass is 16.6. The minimum Gasteiger partial charge on any atom is -0.481 e. The number of carbonyl (C=O) groups is 3. The molecule has 1 amide bonds. The molecule has 1 saturated heterocycles. The van der Waals surface area contributed by atoms with Crippen LogP contribution in [0, 0.1) is 5.92 Å². The highest BCUT2D eigenvalue weighted by Crippen LogP contribution is 2.14. The van der Waals surface area contributed by atoms with Gasteiger partial charge in [0.2, 0.25) is 0 Å². The average Bonchev–Trinajstić information content (AvgIpc) is 2.92. The molecule has 2 atom stereocenters. The van der Waals surface area contributed by atoms with Crippen LogP contribution in [-0.2, 0) is 20.7 Å². The molecule has 0 unspecified atom stereocenters. The molecule has 8 heteroatoms. The lowest BCUT2D eigenvalue weighted by Gasteiger charge is -2.15. The molecule has 0 spiro atoms. The minimum absolute atomic E-state index is 0.185. The zero-order valence-corrected chi connectivity index (χ0v) is 14.8. The first-order chi connectivity index (χ1) is 12.3. The smallest absolute Gasteiger partial charge is 0.409 e. The van der Waals surface area contributed by atoms with Gasteiger partial charge in [0, 0.05) is 7.05 Å². The van der Waals surface area contributed by atoms with Gasteiger partial charge in [0.25, 0.3) is 0 Å². The van der Waals surface area contributed by atoms with Gasteiger partial charge < -0.3 is 25.6 Å². The number of carboxylic acids is 2. The van der Waals surface area contributed by atoms with Crippen LogP contribution in [0.3, 0.4) is 0 Å². The first-order valence-electron chi connectivity index (χ1n) is 8.43. The number of ether oxygens (including phenoxy) is 1. The van der Waals surface area contributed by atoms with E-state index in [1.807, 2.05) is 18.2 Å². The molecule has 0 radical (unpaired) electrons. The molecule has 144 valence electrons. The summed E-state index contributed by atoms with van der Waals surface area (Å²) in [5.74, 6) is -2.95. The Morgan fingerprint density at radius 3 is 2.42 bits per heavy atom. The molecule has 0 saturated carbocycles. The second-order valence-electron chi connectivity index (χ2n) is 6.10. The summed E-state index contributed by atoms with van der Waals surface area (Å²) in [7, 11) is 1.78. The third-order valence-electron chi connectivity index (χ3n) is 4.08. The Bertz CT molecular complexity index is 593. The molecule has 8 nitrogen and oxygen atoms in total. The van der Waals surface area contributed by atoms with Crippen molar-refractivity contribution in [3.05, 3.63) is 35.9 Å². The second kappa shape index (κ2) is 11.1. The fourth-order valence-electron chi connectivity index (χ4n) is 2.50. The van der Waals surface area contributed by atoms with E-state index in [0.29, 0.717) is 26.0 Å². The van der Waals surface area contributed by atoms with Gasteiger partial charge >= 0.3 is 18.0 Å². The third-order valence-corrected chi connectivity index (χ3v) is 4.08. The number of aliphatic carboxylic acids is 2. The van der Waals surface area contributed by atoms with Crippen molar-refractivity contribution in [2.24, 2.45) is 11.7 Å². The number of carbonyl (C=O) groups excluding carboxylic acids is 1. The molecule has 26 heavy (non-hydrogen) atoms. The van der Waals surface area contributed by atoms with Crippen LogP contribution in [0.4, 0.5) is 4.79 Å². The van der Waals surface area contributed by atoms with Crippen LogP contribution >= 0.6 is 0 Å². The van der Waals surface area contributed by atoms with Crippen LogP contribution in [0.5, 0.6) is 0 Å². The molecule has 1 aromatic rings. The molecule has 0 bridgehead atoms. The van der Waals surface area contributed by atoms with E-state index in [9.17, 15) is 14.4 Å². The number of nitrogens with zero attached hydrogens (tertiary/aromatic N) is 1. The van der Waals surface area contributed by atoms with Gasteiger partial charge in [0.1, 0.15) is 6.61 Å². The van der Waals surface area contributed by atoms with Crippen molar-refractivity contribution in [3.8, 4) is 0 Å². The number of hydrogen-bond acceptors (Lipinski definition) is 5. The van der Waals surface area contributed by atoms with Crippen molar-refractivity contribution in [2.45, 2.75) is 31.7 Å². The van der Waals surface area contributed by atoms with Crippen molar-refractivity contribution in [3.63, 3.8) is 0 Å². The Balaban J connectivity index is 0.000000265. The summed E-state index contributed by atoms with van der Waals surface area (Å²) in [5, 5.41) is 16.9. The quantitative estimate of drug-likeness (QED) is 0.636. The van der Waals surface area contributed by atoms with Gasteiger partial charge in [-0.25, -0.2) is 4.79 Å². The van der Waals surface area contributed by atoms with Gasteiger partial charge in [-0.3, -0.25) is 9.59 Å². The summed E-state index contributed by atoms with van der Waals surface area (Å²) in [4.78, 5) is 33.4. The van der Waals surface area contributed by atoms with Crippen LogP contribution in [0.2, 0.25) is 0 Å². The Labute approximate surface area is 152 Å². The first-order valence-corrected chi connectivity index (χ1v) is 8.43. The first kappa shape index (κ1) is 21.4. The Morgan fingerprint density at radius 2 is 1.96 bits per heavy atom. The molecular weight excluding hydrogens is 340 g/mol. The van der Waals surface area contributed by atoms with Crippen LogP contribution in [0.1, 0.15) is 24.8 Å². The fraction of sp³-hybridized carbons (Fsp3) is 0.500.